The number of pyridine rings is 2. The number of carbonyl (C=O) groups excluding carboxylic acids is 1. The van der Waals surface area contributed by atoms with Gasteiger partial charge in [0.05, 0.1) is 23.9 Å². The minimum absolute atomic E-state index is 0.0323. The third kappa shape index (κ3) is 5.62. The van der Waals surface area contributed by atoms with E-state index >= 15 is 0 Å². The maximum Gasteiger partial charge on any atom is 0.258 e. The number of hydrogen-bond acceptors (Lipinski definition) is 5. The fraction of sp³-hybridized carbons (Fsp3) is 0.125. The number of nitrogens with zero attached hydrogens (tertiary/aromatic N) is 2. The number of aromatic nitrogens is 2. The van der Waals surface area contributed by atoms with Crippen LogP contribution in [0.4, 0.5) is 27.6 Å². The van der Waals surface area contributed by atoms with Crippen LogP contribution in [0, 0.1) is 17.5 Å². The Hall–Kier alpha value is -4.28. The van der Waals surface area contributed by atoms with E-state index < -0.39 is 42.0 Å². The molecule has 11 heteroatoms. The summed E-state index contributed by atoms with van der Waals surface area (Å²) in [6.07, 6.45) is -0.410. The summed E-state index contributed by atoms with van der Waals surface area (Å²) in [7, 11) is 0. The highest BCUT2D eigenvalue weighted by atomic mass is 19.3. The van der Waals surface area contributed by atoms with Gasteiger partial charge in [-0.3, -0.25) is 9.78 Å². The zero-order chi connectivity index (χ0) is 24.9. The van der Waals surface area contributed by atoms with Crippen LogP contribution in [0.2, 0.25) is 0 Å². The molecule has 35 heavy (non-hydrogen) atoms. The molecule has 2 aromatic heterocycles. The first kappa shape index (κ1) is 23.9. The third-order valence-corrected chi connectivity index (χ3v) is 4.71. The van der Waals surface area contributed by atoms with E-state index in [2.05, 4.69) is 15.3 Å². The molecule has 180 valence electrons. The van der Waals surface area contributed by atoms with Crippen molar-refractivity contribution in [1.82, 2.24) is 9.97 Å². The second-order valence-electron chi connectivity index (χ2n) is 7.18. The van der Waals surface area contributed by atoms with Crippen LogP contribution in [0.15, 0.2) is 60.9 Å². The molecule has 0 bridgehead atoms. The molecule has 2 aromatic carbocycles. The van der Waals surface area contributed by atoms with Gasteiger partial charge in [-0.05, 0) is 12.1 Å². The number of anilines is 1. The fourth-order valence-corrected chi connectivity index (χ4v) is 3.10. The molecule has 0 aliphatic heterocycles. The van der Waals surface area contributed by atoms with Gasteiger partial charge in [0.25, 0.3) is 5.91 Å². The van der Waals surface area contributed by atoms with Crippen LogP contribution in [-0.2, 0) is 0 Å². The van der Waals surface area contributed by atoms with Crippen molar-refractivity contribution in [3.8, 4) is 17.2 Å². The summed E-state index contributed by atoms with van der Waals surface area (Å²) >= 11 is 0. The second kappa shape index (κ2) is 10.3. The van der Waals surface area contributed by atoms with Crippen LogP contribution < -0.4 is 14.8 Å². The van der Waals surface area contributed by atoms with Gasteiger partial charge < -0.3 is 14.8 Å². The molecule has 1 N–H and O–H groups in total. The van der Waals surface area contributed by atoms with E-state index in [1.54, 1.807) is 0 Å². The number of hydrogen-bond donors (Lipinski definition) is 1. The van der Waals surface area contributed by atoms with Gasteiger partial charge in [-0.15, -0.1) is 0 Å². The van der Waals surface area contributed by atoms with Crippen LogP contribution in [0.3, 0.4) is 0 Å². The van der Waals surface area contributed by atoms with Gasteiger partial charge in [0, 0.05) is 42.6 Å². The summed E-state index contributed by atoms with van der Waals surface area (Å²) < 4.78 is 78.3. The van der Waals surface area contributed by atoms with E-state index in [1.165, 1.54) is 42.7 Å². The summed E-state index contributed by atoms with van der Waals surface area (Å²) in [5.74, 6) is -4.54. The Morgan fingerprint density at radius 3 is 2.43 bits per heavy atom. The Labute approximate surface area is 195 Å². The minimum atomic E-state index is -2.51. The van der Waals surface area contributed by atoms with Gasteiger partial charge in [-0.2, -0.15) is 0 Å². The summed E-state index contributed by atoms with van der Waals surface area (Å²) in [5.41, 5.74) is -0.152. The number of ether oxygens (including phenoxy) is 2. The van der Waals surface area contributed by atoms with Crippen molar-refractivity contribution in [2.75, 3.05) is 11.9 Å². The van der Waals surface area contributed by atoms with Crippen molar-refractivity contribution in [1.29, 1.82) is 0 Å². The minimum Gasteiger partial charge on any atom is -0.492 e. The van der Waals surface area contributed by atoms with Gasteiger partial charge in [0.15, 0.2) is 23.1 Å². The largest absolute Gasteiger partial charge is 0.492 e. The summed E-state index contributed by atoms with van der Waals surface area (Å²) in [6.45, 7) is -0.225. The predicted octanol–water partition coefficient (Wildman–Crippen LogP) is 6.13. The molecular weight excluding hydrogens is 473 g/mol. The Morgan fingerprint density at radius 2 is 1.71 bits per heavy atom. The highest BCUT2D eigenvalue weighted by Crippen LogP contribution is 2.33. The first-order valence-electron chi connectivity index (χ1n) is 10.2. The van der Waals surface area contributed by atoms with Crippen molar-refractivity contribution >= 4 is 22.6 Å². The van der Waals surface area contributed by atoms with E-state index in [0.717, 1.165) is 18.2 Å². The van der Waals surface area contributed by atoms with Crippen molar-refractivity contribution in [2.45, 2.75) is 12.8 Å². The molecule has 0 fully saturated rings. The van der Waals surface area contributed by atoms with Gasteiger partial charge in [0.1, 0.15) is 17.1 Å². The molecule has 6 nitrogen and oxygen atoms in total. The molecular formula is C24H16F5N3O3. The molecule has 0 aliphatic rings. The lowest BCUT2D eigenvalue weighted by atomic mass is 10.2. The SMILES string of the molecule is O=C(Nc1cc(F)c(Oc2ccnc3cc(OCCC(F)F)cnc23)c(F)c1)c1ccccc1F. The number of fused-ring (bicyclic) bond motifs is 1. The molecule has 0 atom stereocenters. The second-order valence-corrected chi connectivity index (χ2v) is 7.18. The quantitative estimate of drug-likeness (QED) is 0.302. The highest BCUT2D eigenvalue weighted by Gasteiger charge is 2.18. The normalized spacial score (nSPS) is 11.0. The van der Waals surface area contributed by atoms with Gasteiger partial charge in [-0.1, -0.05) is 12.1 Å². The average Bonchev–Trinajstić information content (AvgIpc) is 2.81. The Bertz CT molecular complexity index is 1360. The Kier molecular flexibility index (Phi) is 7.04. The zero-order valence-corrected chi connectivity index (χ0v) is 17.8. The van der Waals surface area contributed by atoms with Crippen molar-refractivity contribution in [3.63, 3.8) is 0 Å². The molecule has 0 spiro atoms. The van der Waals surface area contributed by atoms with Crippen molar-refractivity contribution in [2.24, 2.45) is 0 Å². The standard InChI is InChI=1S/C24H16F5N3O3/c25-16-4-2-1-3-15(16)24(33)32-13-9-17(26)23(18(27)10-13)35-20-5-7-30-19-11-14(12-31-22(19)20)34-8-6-21(28)29/h1-5,7,9-12,21H,6,8H2,(H,32,33). The summed E-state index contributed by atoms with van der Waals surface area (Å²) in [5, 5.41) is 2.23. The lowest BCUT2D eigenvalue weighted by molar-refractivity contribution is 0.102. The number of amides is 1. The number of nitrogens with one attached hydrogen (secondary N) is 1. The van der Waals surface area contributed by atoms with Crippen LogP contribution in [-0.4, -0.2) is 28.9 Å². The van der Waals surface area contributed by atoms with Crippen molar-refractivity contribution < 1.29 is 36.2 Å². The summed E-state index contributed by atoms with van der Waals surface area (Å²) in [6, 6.07) is 9.56. The number of benzene rings is 2. The maximum absolute atomic E-state index is 14.7. The predicted molar refractivity (Wildman–Crippen MR) is 116 cm³/mol. The zero-order valence-electron chi connectivity index (χ0n) is 17.8. The number of rotatable bonds is 8. The molecule has 4 aromatic rings. The lowest BCUT2D eigenvalue weighted by Gasteiger charge is -2.12. The van der Waals surface area contributed by atoms with Gasteiger partial charge in [0.2, 0.25) is 6.43 Å². The molecule has 4 rings (SSSR count). The Balaban J connectivity index is 1.54. The number of halogens is 5. The first-order valence-corrected chi connectivity index (χ1v) is 10.2. The lowest BCUT2D eigenvalue weighted by Crippen LogP contribution is -2.14. The van der Waals surface area contributed by atoms with Gasteiger partial charge in [-0.25, -0.2) is 26.9 Å². The molecule has 2 heterocycles. The topological polar surface area (TPSA) is 73.3 Å². The average molecular weight is 489 g/mol. The molecule has 0 aliphatic carbocycles. The first-order chi connectivity index (χ1) is 16.8. The van der Waals surface area contributed by atoms with Crippen LogP contribution in [0.1, 0.15) is 16.8 Å². The highest BCUT2D eigenvalue weighted by molar-refractivity contribution is 6.04. The molecule has 0 radical (unpaired) electrons. The molecule has 0 saturated heterocycles. The number of carbonyl (C=O) groups is 1. The van der Waals surface area contributed by atoms with Crippen LogP contribution in [0.5, 0.6) is 17.2 Å². The smallest absolute Gasteiger partial charge is 0.258 e. The van der Waals surface area contributed by atoms with E-state index in [-0.39, 0.29) is 40.4 Å². The maximum atomic E-state index is 14.7. The van der Waals surface area contributed by atoms with Crippen LogP contribution in [0.25, 0.3) is 11.0 Å². The van der Waals surface area contributed by atoms with Gasteiger partial charge >= 0.3 is 0 Å². The van der Waals surface area contributed by atoms with E-state index in [1.807, 2.05) is 0 Å². The fourth-order valence-electron chi connectivity index (χ4n) is 3.10. The van der Waals surface area contributed by atoms with Crippen molar-refractivity contribution in [3.05, 3.63) is 83.9 Å². The third-order valence-electron chi connectivity index (χ3n) is 4.71. The van der Waals surface area contributed by atoms with E-state index in [9.17, 15) is 26.7 Å². The molecule has 0 saturated carbocycles. The summed E-state index contributed by atoms with van der Waals surface area (Å²) in [4.78, 5) is 20.4. The van der Waals surface area contributed by atoms with E-state index in [4.69, 9.17) is 9.47 Å². The molecule has 0 unspecified atom stereocenters. The Morgan fingerprint density at radius 1 is 0.971 bits per heavy atom. The van der Waals surface area contributed by atoms with Crippen LogP contribution >= 0.6 is 0 Å². The number of alkyl halides is 2. The van der Waals surface area contributed by atoms with E-state index in [0.29, 0.717) is 0 Å². The monoisotopic (exact) mass is 489 g/mol. The molecule has 1 amide bonds.